The third-order valence-corrected chi connectivity index (χ3v) is 2.80. The molecule has 18 heavy (non-hydrogen) atoms. The van der Waals surface area contributed by atoms with Crippen molar-refractivity contribution in [3.8, 4) is 0 Å². The van der Waals surface area contributed by atoms with Crippen LogP contribution in [-0.2, 0) is 0 Å². The minimum atomic E-state index is -0.157. The summed E-state index contributed by atoms with van der Waals surface area (Å²) < 4.78 is 0. The minimum Gasteiger partial charge on any atom is -0.344 e. The highest BCUT2D eigenvalue weighted by molar-refractivity contribution is 6.30. The summed E-state index contributed by atoms with van der Waals surface area (Å²) in [6.45, 7) is 1.89. The van der Waals surface area contributed by atoms with E-state index in [-0.39, 0.29) is 11.9 Å². The molecular formula is C14H13ClN2O. The molecule has 0 aliphatic rings. The van der Waals surface area contributed by atoms with E-state index < -0.39 is 0 Å². The smallest absolute Gasteiger partial charge is 0.251 e. The monoisotopic (exact) mass is 260 g/mol. The first kappa shape index (κ1) is 12.6. The molecule has 92 valence electrons. The molecule has 1 aromatic carbocycles. The maximum Gasteiger partial charge on any atom is 0.251 e. The van der Waals surface area contributed by atoms with Gasteiger partial charge >= 0.3 is 0 Å². The lowest BCUT2D eigenvalue weighted by Gasteiger charge is -2.13. The molecule has 1 heterocycles. The maximum atomic E-state index is 12.0. The fraction of sp³-hybridized carbons (Fsp3) is 0.143. The predicted molar refractivity (Wildman–Crippen MR) is 71.6 cm³/mol. The molecule has 3 nitrogen and oxygen atoms in total. The number of carbonyl (C=O) groups excluding carboxylic acids is 1. The Bertz CT molecular complexity index is 543. The molecule has 2 aromatic rings. The lowest BCUT2D eigenvalue weighted by Crippen LogP contribution is -2.27. The predicted octanol–water partition coefficient (Wildman–Crippen LogP) is 3.23. The summed E-state index contributed by atoms with van der Waals surface area (Å²) in [6.07, 6.45) is 1.71. The Labute approximate surface area is 111 Å². The molecule has 0 aliphatic heterocycles. The first-order chi connectivity index (χ1) is 8.66. The second-order valence-corrected chi connectivity index (χ2v) is 4.40. The topological polar surface area (TPSA) is 42.0 Å². The quantitative estimate of drug-likeness (QED) is 0.921. The Hall–Kier alpha value is -1.87. The van der Waals surface area contributed by atoms with Crippen LogP contribution in [0.2, 0.25) is 5.02 Å². The van der Waals surface area contributed by atoms with Crippen molar-refractivity contribution < 1.29 is 4.79 Å². The Balaban J connectivity index is 2.08. The number of benzene rings is 1. The van der Waals surface area contributed by atoms with Crippen LogP contribution < -0.4 is 5.32 Å². The number of hydrogen-bond donors (Lipinski definition) is 1. The summed E-state index contributed by atoms with van der Waals surface area (Å²) in [5.41, 5.74) is 1.37. The Morgan fingerprint density at radius 3 is 2.78 bits per heavy atom. The molecule has 0 spiro atoms. The van der Waals surface area contributed by atoms with E-state index in [9.17, 15) is 4.79 Å². The van der Waals surface area contributed by atoms with Gasteiger partial charge in [0.05, 0.1) is 11.7 Å². The average Bonchev–Trinajstić information content (AvgIpc) is 2.39. The zero-order chi connectivity index (χ0) is 13.0. The highest BCUT2D eigenvalue weighted by atomic mass is 35.5. The van der Waals surface area contributed by atoms with Gasteiger partial charge in [-0.1, -0.05) is 23.7 Å². The summed E-state index contributed by atoms with van der Waals surface area (Å²) in [4.78, 5) is 16.2. The van der Waals surface area contributed by atoms with Gasteiger partial charge in [0, 0.05) is 16.8 Å². The van der Waals surface area contributed by atoms with E-state index in [0.29, 0.717) is 10.6 Å². The van der Waals surface area contributed by atoms with E-state index in [0.717, 1.165) is 5.69 Å². The molecule has 0 saturated carbocycles. The van der Waals surface area contributed by atoms with Crippen LogP contribution >= 0.6 is 11.6 Å². The van der Waals surface area contributed by atoms with Gasteiger partial charge < -0.3 is 5.32 Å². The van der Waals surface area contributed by atoms with Crippen LogP contribution in [-0.4, -0.2) is 10.9 Å². The maximum absolute atomic E-state index is 12.0. The van der Waals surface area contributed by atoms with Crippen molar-refractivity contribution >= 4 is 17.5 Å². The molecular weight excluding hydrogens is 248 g/mol. The molecule has 0 radical (unpaired) electrons. The third kappa shape index (κ3) is 3.08. The van der Waals surface area contributed by atoms with Crippen molar-refractivity contribution in [1.82, 2.24) is 10.3 Å². The van der Waals surface area contributed by atoms with Gasteiger partial charge in [-0.15, -0.1) is 0 Å². The van der Waals surface area contributed by atoms with Crippen molar-refractivity contribution in [2.45, 2.75) is 13.0 Å². The van der Waals surface area contributed by atoms with Crippen molar-refractivity contribution in [2.75, 3.05) is 0 Å². The molecule has 0 bridgehead atoms. The molecule has 0 aliphatic carbocycles. The number of aromatic nitrogens is 1. The van der Waals surface area contributed by atoms with Crippen LogP contribution in [0.15, 0.2) is 48.7 Å². The molecule has 0 saturated heterocycles. The second kappa shape index (κ2) is 5.65. The standard InChI is InChI=1S/C14H13ClN2O/c1-10(13-7-2-3-8-16-13)17-14(18)11-5-4-6-12(15)9-11/h2-10H,1H3,(H,17,18)/t10-/m1/s1. The van der Waals surface area contributed by atoms with Gasteiger partial charge in [-0.05, 0) is 37.3 Å². The van der Waals surface area contributed by atoms with Crippen molar-refractivity contribution in [1.29, 1.82) is 0 Å². The highest BCUT2D eigenvalue weighted by Gasteiger charge is 2.12. The number of amides is 1. The third-order valence-electron chi connectivity index (χ3n) is 2.57. The van der Waals surface area contributed by atoms with E-state index in [1.54, 1.807) is 30.5 Å². The lowest BCUT2D eigenvalue weighted by molar-refractivity contribution is 0.0939. The summed E-state index contributed by atoms with van der Waals surface area (Å²) >= 11 is 5.85. The molecule has 4 heteroatoms. The minimum absolute atomic E-state index is 0.141. The van der Waals surface area contributed by atoms with E-state index in [2.05, 4.69) is 10.3 Å². The molecule has 1 N–H and O–H groups in total. The van der Waals surface area contributed by atoms with Gasteiger partial charge in [-0.25, -0.2) is 0 Å². The number of nitrogens with zero attached hydrogens (tertiary/aromatic N) is 1. The number of halogens is 1. The fourth-order valence-corrected chi connectivity index (χ4v) is 1.81. The van der Waals surface area contributed by atoms with Crippen LogP contribution in [0.5, 0.6) is 0 Å². The number of pyridine rings is 1. The number of nitrogens with one attached hydrogen (secondary N) is 1. The summed E-state index contributed by atoms with van der Waals surface area (Å²) in [5.74, 6) is -0.157. The van der Waals surface area contributed by atoms with Crippen LogP contribution in [0.25, 0.3) is 0 Å². The molecule has 1 atom stereocenters. The Morgan fingerprint density at radius 1 is 1.28 bits per heavy atom. The molecule has 2 rings (SSSR count). The summed E-state index contributed by atoms with van der Waals surface area (Å²) in [5, 5.41) is 3.43. The molecule has 1 aromatic heterocycles. The highest BCUT2D eigenvalue weighted by Crippen LogP contribution is 2.13. The van der Waals surface area contributed by atoms with E-state index in [4.69, 9.17) is 11.6 Å². The zero-order valence-corrected chi connectivity index (χ0v) is 10.7. The van der Waals surface area contributed by atoms with Crippen molar-refractivity contribution in [2.24, 2.45) is 0 Å². The van der Waals surface area contributed by atoms with Crippen LogP contribution in [0.4, 0.5) is 0 Å². The van der Waals surface area contributed by atoms with Gasteiger partial charge in [-0.2, -0.15) is 0 Å². The number of carbonyl (C=O) groups is 1. The summed E-state index contributed by atoms with van der Waals surface area (Å²) in [6, 6.07) is 12.3. The van der Waals surface area contributed by atoms with Gasteiger partial charge in [0.2, 0.25) is 0 Å². The fourth-order valence-electron chi connectivity index (χ4n) is 1.62. The van der Waals surface area contributed by atoms with E-state index in [1.807, 2.05) is 25.1 Å². The molecule has 1 amide bonds. The van der Waals surface area contributed by atoms with Crippen LogP contribution in [0.1, 0.15) is 29.0 Å². The zero-order valence-electron chi connectivity index (χ0n) is 9.93. The lowest BCUT2D eigenvalue weighted by atomic mass is 10.1. The molecule has 0 fully saturated rings. The Morgan fingerprint density at radius 2 is 2.11 bits per heavy atom. The van der Waals surface area contributed by atoms with Gasteiger partial charge in [0.1, 0.15) is 0 Å². The first-order valence-corrected chi connectivity index (χ1v) is 6.02. The summed E-state index contributed by atoms with van der Waals surface area (Å²) in [7, 11) is 0. The SMILES string of the molecule is C[C@@H](NC(=O)c1cccc(Cl)c1)c1ccccn1. The average molecular weight is 261 g/mol. The van der Waals surface area contributed by atoms with Crippen molar-refractivity contribution in [3.63, 3.8) is 0 Å². The molecule has 0 unspecified atom stereocenters. The van der Waals surface area contributed by atoms with Gasteiger partial charge in [0.15, 0.2) is 0 Å². The van der Waals surface area contributed by atoms with E-state index in [1.165, 1.54) is 0 Å². The number of rotatable bonds is 3. The van der Waals surface area contributed by atoms with Crippen LogP contribution in [0, 0.1) is 0 Å². The first-order valence-electron chi connectivity index (χ1n) is 5.64. The normalized spacial score (nSPS) is 11.9. The van der Waals surface area contributed by atoms with Crippen LogP contribution in [0.3, 0.4) is 0 Å². The Kier molecular flexibility index (Phi) is 3.95. The second-order valence-electron chi connectivity index (χ2n) is 3.96. The number of hydrogen-bond acceptors (Lipinski definition) is 2. The van der Waals surface area contributed by atoms with Crippen molar-refractivity contribution in [3.05, 3.63) is 64.9 Å². The van der Waals surface area contributed by atoms with Gasteiger partial charge in [-0.3, -0.25) is 9.78 Å². The largest absolute Gasteiger partial charge is 0.344 e. The van der Waals surface area contributed by atoms with E-state index >= 15 is 0 Å². The van der Waals surface area contributed by atoms with Gasteiger partial charge in [0.25, 0.3) is 5.91 Å².